The largest absolute Gasteiger partial charge is 0.487 e. The van der Waals surface area contributed by atoms with Crippen LogP contribution in [0.3, 0.4) is 0 Å². The lowest BCUT2D eigenvalue weighted by Crippen LogP contribution is -2.45. The van der Waals surface area contributed by atoms with Crippen molar-refractivity contribution in [3.63, 3.8) is 0 Å². The molecule has 0 radical (unpaired) electrons. The fourth-order valence-corrected chi connectivity index (χ4v) is 3.37. The number of aryl methyl sites for hydroxylation is 1. The van der Waals surface area contributed by atoms with Gasteiger partial charge in [-0.2, -0.15) is 0 Å². The Morgan fingerprint density at radius 1 is 1.30 bits per heavy atom. The molecule has 1 N–H and O–H groups in total. The third kappa shape index (κ3) is 4.59. The minimum atomic E-state index is -0.644. The first-order chi connectivity index (χ1) is 12.8. The second kappa shape index (κ2) is 7.59. The van der Waals surface area contributed by atoms with Crippen LogP contribution >= 0.6 is 0 Å². The monoisotopic (exact) mass is 371 g/mol. The van der Waals surface area contributed by atoms with Gasteiger partial charge in [0.1, 0.15) is 22.9 Å². The SMILES string of the molecule is CC[C@H](Oc1ccc(F)cc1)C(=O)N[C@@H]1CC(C)(C)Oc2ccc(C)cc21. The van der Waals surface area contributed by atoms with Gasteiger partial charge in [0.15, 0.2) is 6.10 Å². The molecule has 1 aliphatic rings. The van der Waals surface area contributed by atoms with Crippen LogP contribution in [0.2, 0.25) is 0 Å². The Kier molecular flexibility index (Phi) is 5.40. The number of ether oxygens (including phenoxy) is 2. The summed E-state index contributed by atoms with van der Waals surface area (Å²) in [7, 11) is 0. The third-order valence-corrected chi connectivity index (χ3v) is 4.69. The smallest absolute Gasteiger partial charge is 0.261 e. The average molecular weight is 371 g/mol. The predicted octanol–water partition coefficient (Wildman–Crippen LogP) is 4.71. The van der Waals surface area contributed by atoms with Crippen LogP contribution in [0.1, 0.15) is 50.8 Å². The van der Waals surface area contributed by atoms with Crippen LogP contribution < -0.4 is 14.8 Å². The minimum Gasteiger partial charge on any atom is -0.487 e. The van der Waals surface area contributed by atoms with Gasteiger partial charge in [-0.15, -0.1) is 0 Å². The molecule has 4 nitrogen and oxygen atoms in total. The summed E-state index contributed by atoms with van der Waals surface area (Å²) in [6.07, 6.45) is 0.535. The van der Waals surface area contributed by atoms with Crippen LogP contribution in [-0.2, 0) is 4.79 Å². The number of carbonyl (C=O) groups excluding carboxylic acids is 1. The molecule has 1 amide bonds. The lowest BCUT2D eigenvalue weighted by molar-refractivity contribution is -0.129. The first kappa shape index (κ1) is 19.2. The molecule has 2 aromatic rings. The summed E-state index contributed by atoms with van der Waals surface area (Å²) in [5.41, 5.74) is 1.73. The lowest BCUT2D eigenvalue weighted by Gasteiger charge is -2.38. The topological polar surface area (TPSA) is 47.6 Å². The van der Waals surface area contributed by atoms with Gasteiger partial charge in [-0.3, -0.25) is 4.79 Å². The summed E-state index contributed by atoms with van der Waals surface area (Å²) in [4.78, 5) is 12.9. The quantitative estimate of drug-likeness (QED) is 0.828. The van der Waals surface area contributed by atoms with Crippen molar-refractivity contribution in [1.29, 1.82) is 0 Å². The Morgan fingerprint density at radius 2 is 2.00 bits per heavy atom. The summed E-state index contributed by atoms with van der Waals surface area (Å²) in [5, 5.41) is 3.12. The highest BCUT2D eigenvalue weighted by molar-refractivity contribution is 5.81. The number of halogens is 1. The fourth-order valence-electron chi connectivity index (χ4n) is 3.37. The van der Waals surface area contributed by atoms with Crippen molar-refractivity contribution in [1.82, 2.24) is 5.32 Å². The Labute approximate surface area is 159 Å². The summed E-state index contributed by atoms with van der Waals surface area (Å²) in [5.74, 6) is 0.754. The number of rotatable bonds is 5. The molecule has 3 rings (SSSR count). The van der Waals surface area contributed by atoms with Crippen LogP contribution in [0.4, 0.5) is 4.39 Å². The zero-order valence-corrected chi connectivity index (χ0v) is 16.2. The van der Waals surface area contributed by atoms with Crippen LogP contribution in [0, 0.1) is 12.7 Å². The Hall–Kier alpha value is -2.56. The van der Waals surface area contributed by atoms with Gasteiger partial charge in [-0.1, -0.05) is 24.6 Å². The van der Waals surface area contributed by atoms with Crippen LogP contribution in [0.5, 0.6) is 11.5 Å². The first-order valence-electron chi connectivity index (χ1n) is 9.29. The molecule has 144 valence electrons. The zero-order chi connectivity index (χ0) is 19.6. The number of nitrogens with one attached hydrogen (secondary N) is 1. The normalized spacial score (nSPS) is 18.8. The van der Waals surface area contributed by atoms with Crippen LogP contribution in [0.15, 0.2) is 42.5 Å². The Morgan fingerprint density at radius 3 is 2.67 bits per heavy atom. The van der Waals surface area contributed by atoms with E-state index in [1.54, 1.807) is 0 Å². The van der Waals surface area contributed by atoms with E-state index in [0.29, 0.717) is 18.6 Å². The minimum absolute atomic E-state index is 0.151. The van der Waals surface area contributed by atoms with E-state index in [2.05, 4.69) is 11.4 Å². The van der Waals surface area contributed by atoms with Crippen molar-refractivity contribution in [2.45, 2.75) is 58.3 Å². The number of hydrogen-bond acceptors (Lipinski definition) is 3. The molecule has 0 fully saturated rings. The molecule has 2 aromatic carbocycles. The van der Waals surface area contributed by atoms with Gasteiger partial charge in [0, 0.05) is 12.0 Å². The first-order valence-corrected chi connectivity index (χ1v) is 9.29. The number of hydrogen-bond donors (Lipinski definition) is 1. The molecule has 5 heteroatoms. The standard InChI is InChI=1S/C22H26FNO3/c1-5-19(26-16-9-7-15(23)8-10-16)21(25)24-18-13-22(3,4)27-20-11-6-14(2)12-17(18)20/h6-12,18-19H,5,13H2,1-4H3,(H,24,25)/t18-,19+/m1/s1. The van der Waals surface area contributed by atoms with Crippen molar-refractivity contribution in [3.05, 3.63) is 59.4 Å². The molecule has 27 heavy (non-hydrogen) atoms. The van der Waals surface area contributed by atoms with E-state index in [4.69, 9.17) is 9.47 Å². The highest BCUT2D eigenvalue weighted by Crippen LogP contribution is 2.40. The molecule has 1 heterocycles. The van der Waals surface area contributed by atoms with Gasteiger partial charge >= 0.3 is 0 Å². The van der Waals surface area contributed by atoms with Crippen LogP contribution in [0.25, 0.3) is 0 Å². The van der Waals surface area contributed by atoms with Crippen molar-refractivity contribution in [2.24, 2.45) is 0 Å². The van der Waals surface area contributed by atoms with Crippen molar-refractivity contribution in [3.8, 4) is 11.5 Å². The van der Waals surface area contributed by atoms with Crippen molar-refractivity contribution >= 4 is 5.91 Å². The second-order valence-corrected chi connectivity index (χ2v) is 7.64. The van der Waals surface area contributed by atoms with E-state index < -0.39 is 6.10 Å². The van der Waals surface area contributed by atoms with E-state index in [9.17, 15) is 9.18 Å². The molecule has 0 aromatic heterocycles. The zero-order valence-electron chi connectivity index (χ0n) is 16.2. The lowest BCUT2D eigenvalue weighted by atomic mass is 9.88. The van der Waals surface area contributed by atoms with Gasteiger partial charge in [0.05, 0.1) is 6.04 Å². The Bertz CT molecular complexity index is 817. The molecule has 1 aliphatic heterocycles. The predicted molar refractivity (Wildman–Crippen MR) is 102 cm³/mol. The van der Waals surface area contributed by atoms with Gasteiger partial charge in [-0.25, -0.2) is 4.39 Å². The highest BCUT2D eigenvalue weighted by atomic mass is 19.1. The second-order valence-electron chi connectivity index (χ2n) is 7.64. The molecule has 0 spiro atoms. The highest BCUT2D eigenvalue weighted by Gasteiger charge is 2.35. The molecule has 0 bridgehead atoms. The number of carbonyl (C=O) groups is 1. The maximum atomic E-state index is 13.1. The van der Waals surface area contributed by atoms with Gasteiger partial charge in [0.25, 0.3) is 5.91 Å². The van der Waals surface area contributed by atoms with E-state index in [-0.39, 0.29) is 23.4 Å². The van der Waals surface area contributed by atoms with Gasteiger partial charge in [-0.05, 0) is 57.5 Å². The molecule has 2 atom stereocenters. The average Bonchev–Trinajstić information content (AvgIpc) is 2.61. The van der Waals surface area contributed by atoms with Crippen LogP contribution in [-0.4, -0.2) is 17.6 Å². The fraction of sp³-hybridized carbons (Fsp3) is 0.409. The number of benzene rings is 2. The summed E-state index contributed by atoms with van der Waals surface area (Å²) in [6.45, 7) is 7.94. The number of fused-ring (bicyclic) bond motifs is 1. The van der Waals surface area contributed by atoms with E-state index in [1.165, 1.54) is 24.3 Å². The maximum absolute atomic E-state index is 13.1. The van der Waals surface area contributed by atoms with Crippen molar-refractivity contribution in [2.75, 3.05) is 0 Å². The van der Waals surface area contributed by atoms with E-state index in [0.717, 1.165) is 16.9 Å². The number of amides is 1. The summed E-state index contributed by atoms with van der Waals surface area (Å²) >= 11 is 0. The molecular formula is C22H26FNO3. The van der Waals surface area contributed by atoms with Crippen molar-refractivity contribution < 1.29 is 18.7 Å². The molecule has 0 unspecified atom stereocenters. The molecule has 0 saturated carbocycles. The molecule has 0 aliphatic carbocycles. The maximum Gasteiger partial charge on any atom is 0.261 e. The summed E-state index contributed by atoms with van der Waals surface area (Å²) in [6, 6.07) is 11.6. The Balaban J connectivity index is 1.77. The molecule has 0 saturated heterocycles. The summed E-state index contributed by atoms with van der Waals surface area (Å²) < 4.78 is 24.9. The van der Waals surface area contributed by atoms with Gasteiger partial charge < -0.3 is 14.8 Å². The van der Waals surface area contributed by atoms with E-state index >= 15 is 0 Å². The third-order valence-electron chi connectivity index (χ3n) is 4.69. The van der Waals surface area contributed by atoms with Gasteiger partial charge in [0.2, 0.25) is 0 Å². The van der Waals surface area contributed by atoms with E-state index in [1.807, 2.05) is 39.8 Å². The molecular weight excluding hydrogens is 345 g/mol.